The topological polar surface area (TPSA) is 21.3 Å². The number of hydrogen-bond acceptors (Lipinski definition) is 2. The van der Waals surface area contributed by atoms with Crippen molar-refractivity contribution in [3.63, 3.8) is 0 Å². The fourth-order valence-corrected chi connectivity index (χ4v) is 3.79. The Hall–Kier alpha value is -0.860. The number of nitrogens with one attached hydrogen (secondary N) is 1. The van der Waals surface area contributed by atoms with Crippen LogP contribution in [0.15, 0.2) is 24.3 Å². The van der Waals surface area contributed by atoms with Gasteiger partial charge in [0.2, 0.25) is 0 Å². The molecule has 0 bridgehead atoms. The lowest BCUT2D eigenvalue weighted by Crippen LogP contribution is -2.59. The molecule has 0 aromatic heterocycles. The zero-order valence-corrected chi connectivity index (χ0v) is 12.2. The smallest absolute Gasteiger partial charge is 0.107 e. The van der Waals surface area contributed by atoms with Gasteiger partial charge in [-0.1, -0.05) is 38.1 Å². The largest absolute Gasteiger partial charge is 0.361 e. The Labute approximate surface area is 116 Å². The van der Waals surface area contributed by atoms with Crippen LogP contribution in [0.2, 0.25) is 0 Å². The van der Waals surface area contributed by atoms with Crippen LogP contribution in [0.25, 0.3) is 0 Å². The Morgan fingerprint density at radius 3 is 2.74 bits per heavy atom. The molecule has 1 unspecified atom stereocenters. The summed E-state index contributed by atoms with van der Waals surface area (Å²) in [7, 11) is 0. The molecule has 19 heavy (non-hydrogen) atoms. The van der Waals surface area contributed by atoms with E-state index in [1.54, 1.807) is 0 Å². The number of aryl methyl sites for hydroxylation is 1. The summed E-state index contributed by atoms with van der Waals surface area (Å²) >= 11 is 0. The lowest BCUT2D eigenvalue weighted by atomic mass is 9.76. The summed E-state index contributed by atoms with van der Waals surface area (Å²) < 4.78 is 6.76. The first-order chi connectivity index (χ1) is 9.24. The van der Waals surface area contributed by atoms with Crippen LogP contribution in [0.1, 0.15) is 50.7 Å². The van der Waals surface area contributed by atoms with E-state index in [9.17, 15) is 0 Å². The van der Waals surface area contributed by atoms with Crippen LogP contribution < -0.4 is 5.32 Å². The first-order valence-corrected chi connectivity index (χ1v) is 7.73. The van der Waals surface area contributed by atoms with Gasteiger partial charge >= 0.3 is 0 Å². The van der Waals surface area contributed by atoms with E-state index in [1.165, 1.54) is 24.0 Å². The van der Waals surface area contributed by atoms with Gasteiger partial charge in [0.15, 0.2) is 0 Å². The molecule has 2 heteroatoms. The molecule has 1 spiro atoms. The maximum Gasteiger partial charge on any atom is 0.107 e. The van der Waals surface area contributed by atoms with Crippen molar-refractivity contribution in [2.75, 3.05) is 13.1 Å². The van der Waals surface area contributed by atoms with E-state index < -0.39 is 0 Å². The van der Waals surface area contributed by atoms with Gasteiger partial charge in [-0.05, 0) is 43.2 Å². The minimum absolute atomic E-state index is 0.0166. The minimum atomic E-state index is -0.0842. The Balaban J connectivity index is 2.00. The fraction of sp³-hybridized carbons (Fsp3) is 0.647. The van der Waals surface area contributed by atoms with Crippen LogP contribution in [-0.4, -0.2) is 18.7 Å². The Morgan fingerprint density at radius 2 is 1.95 bits per heavy atom. The average Bonchev–Trinajstić information content (AvgIpc) is 2.48. The lowest BCUT2D eigenvalue weighted by Gasteiger charge is -2.50. The predicted molar refractivity (Wildman–Crippen MR) is 78.3 cm³/mol. The number of hydrogen-bond donors (Lipinski definition) is 1. The van der Waals surface area contributed by atoms with Gasteiger partial charge in [-0.2, -0.15) is 0 Å². The van der Waals surface area contributed by atoms with Crippen LogP contribution in [0.5, 0.6) is 0 Å². The summed E-state index contributed by atoms with van der Waals surface area (Å²) in [5.41, 5.74) is 2.85. The molecule has 1 N–H and O–H groups in total. The van der Waals surface area contributed by atoms with E-state index >= 15 is 0 Å². The summed E-state index contributed by atoms with van der Waals surface area (Å²) in [6, 6.07) is 8.86. The number of rotatable bonds is 2. The molecule has 1 aromatic carbocycles. The maximum absolute atomic E-state index is 6.76. The molecule has 1 saturated heterocycles. The normalized spacial score (nSPS) is 29.2. The predicted octanol–water partition coefficient (Wildman–Crippen LogP) is 3.40. The van der Waals surface area contributed by atoms with Gasteiger partial charge in [0.05, 0.1) is 5.60 Å². The number of morpholine rings is 1. The Bertz CT molecular complexity index is 452. The van der Waals surface area contributed by atoms with Crippen LogP contribution in [-0.2, 0) is 16.8 Å². The molecule has 1 aliphatic heterocycles. The molecule has 1 fully saturated rings. The molecule has 2 nitrogen and oxygen atoms in total. The Morgan fingerprint density at radius 1 is 1.16 bits per heavy atom. The van der Waals surface area contributed by atoms with Crippen LogP contribution in [0.3, 0.4) is 0 Å². The van der Waals surface area contributed by atoms with Gasteiger partial charge in [0.25, 0.3) is 0 Å². The average molecular weight is 259 g/mol. The van der Waals surface area contributed by atoms with E-state index in [0.29, 0.717) is 0 Å². The van der Waals surface area contributed by atoms with Crippen molar-refractivity contribution in [1.29, 1.82) is 0 Å². The third kappa shape index (κ3) is 2.11. The van der Waals surface area contributed by atoms with Crippen molar-refractivity contribution in [2.24, 2.45) is 0 Å². The quantitative estimate of drug-likeness (QED) is 0.879. The second kappa shape index (κ2) is 4.92. The molecule has 0 radical (unpaired) electrons. The van der Waals surface area contributed by atoms with Gasteiger partial charge in [0, 0.05) is 13.1 Å². The van der Waals surface area contributed by atoms with Crippen LogP contribution >= 0.6 is 0 Å². The van der Waals surface area contributed by atoms with Crippen molar-refractivity contribution in [3.8, 4) is 0 Å². The van der Waals surface area contributed by atoms with Gasteiger partial charge < -0.3 is 10.1 Å². The van der Waals surface area contributed by atoms with Crippen molar-refractivity contribution >= 4 is 0 Å². The summed E-state index contributed by atoms with van der Waals surface area (Å²) in [6.07, 6.45) is 5.76. The molecular weight excluding hydrogens is 234 g/mol. The SMILES string of the molecule is CCC1(CC)CNCC2(CCCc3ccccc32)O1. The molecule has 2 aliphatic rings. The Kier molecular flexibility index (Phi) is 3.40. The second-order valence-electron chi connectivity index (χ2n) is 6.10. The highest BCUT2D eigenvalue weighted by Crippen LogP contribution is 2.44. The van der Waals surface area contributed by atoms with E-state index in [4.69, 9.17) is 4.74 Å². The molecule has 3 rings (SSSR count). The van der Waals surface area contributed by atoms with Crippen LogP contribution in [0.4, 0.5) is 0 Å². The zero-order valence-electron chi connectivity index (χ0n) is 12.2. The first-order valence-electron chi connectivity index (χ1n) is 7.73. The highest BCUT2D eigenvalue weighted by molar-refractivity contribution is 5.36. The molecule has 1 aromatic rings. The number of ether oxygens (including phenoxy) is 1. The van der Waals surface area contributed by atoms with Gasteiger partial charge in [-0.3, -0.25) is 0 Å². The van der Waals surface area contributed by atoms with Crippen molar-refractivity contribution in [3.05, 3.63) is 35.4 Å². The number of benzene rings is 1. The third-order valence-electron chi connectivity index (χ3n) is 5.09. The zero-order chi connectivity index (χ0) is 13.3. The highest BCUT2D eigenvalue weighted by Gasteiger charge is 2.46. The second-order valence-corrected chi connectivity index (χ2v) is 6.10. The van der Waals surface area contributed by atoms with Gasteiger partial charge in [-0.15, -0.1) is 0 Å². The maximum atomic E-state index is 6.76. The van der Waals surface area contributed by atoms with Gasteiger partial charge in [-0.25, -0.2) is 0 Å². The number of fused-ring (bicyclic) bond motifs is 2. The fourth-order valence-electron chi connectivity index (χ4n) is 3.79. The summed E-state index contributed by atoms with van der Waals surface area (Å²) in [4.78, 5) is 0. The van der Waals surface area contributed by atoms with Crippen molar-refractivity contribution in [1.82, 2.24) is 5.32 Å². The van der Waals surface area contributed by atoms with Crippen molar-refractivity contribution in [2.45, 2.75) is 57.2 Å². The standard InChI is InChI=1S/C17H25NO/c1-3-16(4-2)12-18-13-17(19-16)11-7-9-14-8-5-6-10-15(14)17/h5-6,8,10,18H,3-4,7,9,11-13H2,1-2H3. The van der Waals surface area contributed by atoms with Crippen LogP contribution in [0, 0.1) is 0 Å². The molecule has 104 valence electrons. The molecule has 1 aliphatic carbocycles. The first kappa shape index (κ1) is 13.1. The highest BCUT2D eigenvalue weighted by atomic mass is 16.5. The summed E-state index contributed by atoms with van der Waals surface area (Å²) in [6.45, 7) is 6.45. The third-order valence-corrected chi connectivity index (χ3v) is 5.09. The van der Waals surface area contributed by atoms with Gasteiger partial charge in [0.1, 0.15) is 5.60 Å². The lowest BCUT2D eigenvalue weighted by molar-refractivity contribution is -0.193. The molecule has 1 heterocycles. The van der Waals surface area contributed by atoms with Crippen molar-refractivity contribution < 1.29 is 4.74 Å². The molecular formula is C17H25NO. The monoisotopic (exact) mass is 259 g/mol. The minimum Gasteiger partial charge on any atom is -0.361 e. The van der Waals surface area contributed by atoms with E-state index in [2.05, 4.69) is 43.4 Å². The molecule has 0 amide bonds. The van der Waals surface area contributed by atoms with E-state index in [1.807, 2.05) is 0 Å². The summed E-state index contributed by atoms with van der Waals surface area (Å²) in [5, 5.41) is 3.65. The molecule has 0 saturated carbocycles. The summed E-state index contributed by atoms with van der Waals surface area (Å²) in [5.74, 6) is 0. The molecule has 1 atom stereocenters. The van der Waals surface area contributed by atoms with E-state index in [-0.39, 0.29) is 11.2 Å². The van der Waals surface area contributed by atoms with E-state index in [0.717, 1.165) is 32.4 Å².